The molecule has 0 amide bonds. The number of benzene rings is 1. The molecule has 3 aromatic rings. The van der Waals surface area contributed by atoms with Crippen molar-refractivity contribution in [3.05, 3.63) is 36.3 Å². The second-order valence-electron chi connectivity index (χ2n) is 5.50. The molecule has 0 saturated carbocycles. The van der Waals surface area contributed by atoms with Crippen LogP contribution in [0.25, 0.3) is 16.6 Å². The van der Waals surface area contributed by atoms with Gasteiger partial charge >= 0.3 is 0 Å². The van der Waals surface area contributed by atoms with Gasteiger partial charge in [-0.25, -0.2) is 17.4 Å². The van der Waals surface area contributed by atoms with Gasteiger partial charge in [0.05, 0.1) is 24.6 Å². The van der Waals surface area contributed by atoms with Crippen molar-refractivity contribution in [2.45, 2.75) is 11.3 Å². The predicted molar refractivity (Wildman–Crippen MR) is 94.7 cm³/mol. The maximum absolute atomic E-state index is 14.4. The molecule has 1 aromatic carbocycles. The van der Waals surface area contributed by atoms with E-state index in [4.69, 9.17) is 9.47 Å². The summed E-state index contributed by atoms with van der Waals surface area (Å²) in [6.07, 6.45) is -1.46. The summed E-state index contributed by atoms with van der Waals surface area (Å²) >= 11 is -2.32. The van der Waals surface area contributed by atoms with Crippen LogP contribution in [0.4, 0.5) is 13.2 Å². The Kier molecular flexibility index (Phi) is 5.75. The number of hydrogen-bond donors (Lipinski definition) is 1. The lowest BCUT2D eigenvalue weighted by Gasteiger charge is -2.13. The molecule has 0 aliphatic rings. The fraction of sp³-hybridized carbons (Fsp3) is 0.235. The van der Waals surface area contributed by atoms with E-state index in [2.05, 4.69) is 9.72 Å². The van der Waals surface area contributed by atoms with Gasteiger partial charge in [0.25, 0.3) is 12.3 Å². The predicted octanol–water partition coefficient (Wildman–Crippen LogP) is 3.41. The first-order chi connectivity index (χ1) is 13.3. The van der Waals surface area contributed by atoms with Gasteiger partial charge in [0.15, 0.2) is 23.5 Å². The fourth-order valence-electron chi connectivity index (χ4n) is 2.65. The smallest absolute Gasteiger partial charge is 0.272 e. The number of alkyl halides is 2. The second kappa shape index (κ2) is 8.07. The van der Waals surface area contributed by atoms with E-state index in [0.29, 0.717) is 16.7 Å². The molecule has 0 radical (unpaired) electrons. The molecule has 7 nitrogen and oxygen atoms in total. The van der Waals surface area contributed by atoms with Gasteiger partial charge in [0.1, 0.15) is 11.4 Å². The molecule has 150 valence electrons. The molecule has 1 N–H and O–H groups in total. The number of aromatic nitrogens is 2. The lowest BCUT2D eigenvalue weighted by molar-refractivity contribution is 0.0769. The lowest BCUT2D eigenvalue weighted by Crippen LogP contribution is -2.10. The van der Waals surface area contributed by atoms with E-state index in [-0.39, 0.29) is 16.5 Å². The van der Waals surface area contributed by atoms with Crippen molar-refractivity contribution in [1.82, 2.24) is 9.55 Å². The van der Waals surface area contributed by atoms with E-state index < -0.39 is 35.8 Å². The average molecular weight is 416 g/mol. The molecule has 2 heterocycles. The third-order valence-electron chi connectivity index (χ3n) is 3.85. The van der Waals surface area contributed by atoms with Crippen LogP contribution in [0.1, 0.15) is 0 Å². The number of fused-ring (bicyclic) bond motifs is 1. The van der Waals surface area contributed by atoms with Gasteiger partial charge in [-0.3, -0.25) is 0 Å². The third-order valence-corrected chi connectivity index (χ3v) is 4.55. The standard InChI is InChI=1S/C17H15F3N2O5S/c1-25-9-3-4-10-12(5-9)22(7-14(10)28(23)24)13-6-11(18)16(21-17(13)26-2)27-8-15(19)20/h3-7,15H,8H2,1-2H3,(H,23,24). The van der Waals surface area contributed by atoms with Gasteiger partial charge in [-0.15, -0.1) is 0 Å². The molecule has 3 rings (SSSR count). The zero-order valence-corrected chi connectivity index (χ0v) is 15.5. The Morgan fingerprint density at radius 3 is 2.57 bits per heavy atom. The Morgan fingerprint density at radius 2 is 1.96 bits per heavy atom. The molecule has 11 heteroatoms. The van der Waals surface area contributed by atoms with E-state index in [1.54, 1.807) is 18.2 Å². The molecule has 28 heavy (non-hydrogen) atoms. The SMILES string of the molecule is COc1ccc2c(S(=O)O)cn(-c3cc(F)c(OCC(F)F)nc3OC)c2c1. The van der Waals surface area contributed by atoms with Crippen LogP contribution in [-0.2, 0) is 11.1 Å². The molecular formula is C17H15F3N2O5S. The van der Waals surface area contributed by atoms with Crippen molar-refractivity contribution in [1.29, 1.82) is 0 Å². The van der Waals surface area contributed by atoms with Gasteiger partial charge in [0, 0.05) is 23.7 Å². The second-order valence-corrected chi connectivity index (χ2v) is 6.44. The molecule has 1 unspecified atom stereocenters. The molecule has 0 spiro atoms. The lowest BCUT2D eigenvalue weighted by atomic mass is 10.2. The Balaban J connectivity index is 2.21. The molecule has 0 fully saturated rings. The normalized spacial score (nSPS) is 12.4. The van der Waals surface area contributed by atoms with Crippen molar-refractivity contribution >= 4 is 22.0 Å². The maximum Gasteiger partial charge on any atom is 0.272 e. The zero-order valence-electron chi connectivity index (χ0n) is 14.7. The Morgan fingerprint density at radius 1 is 1.21 bits per heavy atom. The average Bonchev–Trinajstić information content (AvgIpc) is 3.05. The van der Waals surface area contributed by atoms with Gasteiger partial charge in [-0.1, -0.05) is 0 Å². The monoisotopic (exact) mass is 416 g/mol. The van der Waals surface area contributed by atoms with Crippen LogP contribution in [0, 0.1) is 5.82 Å². The highest BCUT2D eigenvalue weighted by molar-refractivity contribution is 7.79. The van der Waals surface area contributed by atoms with E-state index in [0.717, 1.165) is 6.07 Å². The van der Waals surface area contributed by atoms with Crippen molar-refractivity contribution in [2.75, 3.05) is 20.8 Å². The van der Waals surface area contributed by atoms with E-state index >= 15 is 0 Å². The van der Waals surface area contributed by atoms with Crippen LogP contribution < -0.4 is 14.2 Å². The summed E-state index contributed by atoms with van der Waals surface area (Å²) in [4.78, 5) is 3.88. The van der Waals surface area contributed by atoms with E-state index in [1.807, 2.05) is 0 Å². The minimum Gasteiger partial charge on any atom is -0.497 e. The Bertz CT molecular complexity index is 1040. The van der Waals surface area contributed by atoms with Gasteiger partial charge in [-0.05, 0) is 12.1 Å². The first-order valence-electron chi connectivity index (χ1n) is 7.81. The van der Waals surface area contributed by atoms with Crippen molar-refractivity contribution in [3.8, 4) is 23.2 Å². The van der Waals surface area contributed by atoms with Crippen LogP contribution >= 0.6 is 0 Å². The molecule has 0 saturated heterocycles. The minimum atomic E-state index is -2.80. The van der Waals surface area contributed by atoms with E-state index in [1.165, 1.54) is 25.0 Å². The Labute approximate surface area is 159 Å². The quantitative estimate of drug-likeness (QED) is 0.595. The van der Waals surface area contributed by atoms with Gasteiger partial charge in [0.2, 0.25) is 5.88 Å². The van der Waals surface area contributed by atoms with Crippen LogP contribution in [0.5, 0.6) is 17.5 Å². The summed E-state index contributed by atoms with van der Waals surface area (Å²) in [5.74, 6) is -1.29. The van der Waals surface area contributed by atoms with E-state index in [9.17, 15) is 21.9 Å². The summed E-state index contributed by atoms with van der Waals surface area (Å²) in [6, 6.07) is 5.77. The summed E-state index contributed by atoms with van der Waals surface area (Å²) in [6.45, 7) is -1.02. The van der Waals surface area contributed by atoms with Crippen LogP contribution in [0.3, 0.4) is 0 Å². The van der Waals surface area contributed by atoms with Gasteiger partial charge in [-0.2, -0.15) is 4.98 Å². The molecule has 0 bridgehead atoms. The molecule has 0 aliphatic carbocycles. The number of halogens is 3. The highest BCUT2D eigenvalue weighted by Crippen LogP contribution is 2.34. The van der Waals surface area contributed by atoms with Crippen LogP contribution in [-0.4, -0.2) is 45.6 Å². The fourth-order valence-corrected chi connectivity index (χ4v) is 3.21. The molecular weight excluding hydrogens is 401 g/mol. The summed E-state index contributed by atoms with van der Waals surface area (Å²) in [5.41, 5.74) is 0.511. The number of methoxy groups -OCH3 is 2. The van der Waals surface area contributed by atoms with Crippen molar-refractivity contribution in [2.24, 2.45) is 0 Å². The first-order valence-corrected chi connectivity index (χ1v) is 8.92. The minimum absolute atomic E-state index is 0.0816. The topological polar surface area (TPSA) is 82.8 Å². The number of hydrogen-bond acceptors (Lipinski definition) is 5. The van der Waals surface area contributed by atoms with Gasteiger partial charge < -0.3 is 23.3 Å². The maximum atomic E-state index is 14.4. The number of nitrogens with zero attached hydrogens (tertiary/aromatic N) is 2. The first kappa shape index (κ1) is 20.0. The van der Waals surface area contributed by atoms with Crippen LogP contribution in [0.15, 0.2) is 35.4 Å². The summed E-state index contributed by atoms with van der Waals surface area (Å²) < 4.78 is 76.7. The summed E-state index contributed by atoms with van der Waals surface area (Å²) in [5, 5.41) is 0.433. The largest absolute Gasteiger partial charge is 0.497 e. The number of pyridine rings is 1. The van der Waals surface area contributed by atoms with Crippen LogP contribution in [0.2, 0.25) is 0 Å². The highest BCUT2D eigenvalue weighted by atomic mass is 32.2. The highest BCUT2D eigenvalue weighted by Gasteiger charge is 2.21. The number of ether oxygens (including phenoxy) is 3. The molecule has 1 atom stereocenters. The third kappa shape index (κ3) is 3.76. The number of rotatable bonds is 7. The van der Waals surface area contributed by atoms with Crippen molar-refractivity contribution in [3.63, 3.8) is 0 Å². The molecule has 2 aromatic heterocycles. The van der Waals surface area contributed by atoms with Crippen molar-refractivity contribution < 1.29 is 36.1 Å². The zero-order chi connectivity index (χ0) is 20.4. The summed E-state index contributed by atoms with van der Waals surface area (Å²) in [7, 11) is 2.72. The Hall–Kier alpha value is -2.79. The molecule has 0 aliphatic heterocycles.